The Kier molecular flexibility index (Phi) is 3.47. The van der Waals surface area contributed by atoms with Crippen LogP contribution in [0.5, 0.6) is 0 Å². The molecule has 18 heavy (non-hydrogen) atoms. The minimum Gasteiger partial charge on any atom is -0.381 e. The van der Waals surface area contributed by atoms with Gasteiger partial charge in [0.15, 0.2) is 11.6 Å². The van der Waals surface area contributed by atoms with Gasteiger partial charge in [-0.3, -0.25) is 4.79 Å². The van der Waals surface area contributed by atoms with E-state index >= 15 is 0 Å². The summed E-state index contributed by atoms with van der Waals surface area (Å²) in [5.41, 5.74) is 5.37. The molecule has 0 spiro atoms. The average molecular weight is 252 g/mol. The molecule has 2 rings (SSSR count). The Labute approximate surface area is 105 Å². The zero-order valence-electron chi connectivity index (χ0n) is 10.6. The smallest absolute Gasteiger partial charge is 0.257 e. The normalized spacial score (nSPS) is 21.1. The maximum atomic E-state index is 13.7. The van der Waals surface area contributed by atoms with Crippen molar-refractivity contribution in [2.75, 3.05) is 32.4 Å². The average Bonchev–Trinajstić information content (AvgIpc) is 2.35. The predicted octanol–water partition coefficient (Wildman–Crippen LogP) is 0.579. The Morgan fingerprint density at radius 1 is 1.56 bits per heavy atom. The fraction of sp³-hybridized carbons (Fsp3) is 0.500. The van der Waals surface area contributed by atoms with Gasteiger partial charge in [0.2, 0.25) is 0 Å². The van der Waals surface area contributed by atoms with Crippen LogP contribution < -0.4 is 5.73 Å². The summed E-state index contributed by atoms with van der Waals surface area (Å²) in [6.07, 6.45) is 1.35. The third-order valence-corrected chi connectivity index (χ3v) is 3.39. The maximum absolute atomic E-state index is 13.7. The molecule has 1 aliphatic rings. The molecule has 1 fully saturated rings. The molecule has 1 saturated heterocycles. The molecule has 1 atom stereocenters. The number of anilines is 1. The quantitative estimate of drug-likeness (QED) is 0.794. The van der Waals surface area contributed by atoms with Crippen molar-refractivity contribution in [2.24, 2.45) is 0 Å². The van der Waals surface area contributed by atoms with Crippen LogP contribution >= 0.6 is 0 Å². The first kappa shape index (κ1) is 12.8. The molecular formula is C12H17FN4O. The molecule has 1 aliphatic heterocycles. The summed E-state index contributed by atoms with van der Waals surface area (Å²) in [6, 6.07) is 1.64. The van der Waals surface area contributed by atoms with E-state index in [2.05, 4.69) is 9.88 Å². The van der Waals surface area contributed by atoms with Crippen molar-refractivity contribution in [3.8, 4) is 0 Å². The Hall–Kier alpha value is -1.69. The van der Waals surface area contributed by atoms with Crippen LogP contribution in [-0.2, 0) is 0 Å². The minimum atomic E-state index is -0.728. The number of nitrogen functional groups attached to an aromatic ring is 1. The van der Waals surface area contributed by atoms with Gasteiger partial charge in [0.05, 0.1) is 5.56 Å². The van der Waals surface area contributed by atoms with Gasteiger partial charge < -0.3 is 15.5 Å². The van der Waals surface area contributed by atoms with E-state index in [4.69, 9.17) is 5.73 Å². The number of piperazine rings is 1. The fourth-order valence-electron chi connectivity index (χ4n) is 2.03. The lowest BCUT2D eigenvalue weighted by Crippen LogP contribution is -2.52. The molecule has 1 unspecified atom stereocenters. The molecule has 1 aromatic heterocycles. The predicted molar refractivity (Wildman–Crippen MR) is 66.6 cm³/mol. The van der Waals surface area contributed by atoms with Crippen molar-refractivity contribution in [1.82, 2.24) is 14.8 Å². The van der Waals surface area contributed by atoms with Gasteiger partial charge in [-0.15, -0.1) is 0 Å². The van der Waals surface area contributed by atoms with Crippen LogP contribution in [0.3, 0.4) is 0 Å². The van der Waals surface area contributed by atoms with Crippen LogP contribution in [0.15, 0.2) is 12.3 Å². The number of hydrogen-bond donors (Lipinski definition) is 1. The molecular weight excluding hydrogens is 235 g/mol. The van der Waals surface area contributed by atoms with Gasteiger partial charge in [0.1, 0.15) is 0 Å². The first-order chi connectivity index (χ1) is 8.50. The van der Waals surface area contributed by atoms with Gasteiger partial charge in [-0.05, 0) is 20.0 Å². The molecule has 1 amide bonds. The van der Waals surface area contributed by atoms with E-state index in [1.54, 1.807) is 4.90 Å². The number of halogens is 1. The van der Waals surface area contributed by atoms with Crippen LogP contribution in [0.4, 0.5) is 10.2 Å². The van der Waals surface area contributed by atoms with E-state index in [9.17, 15) is 9.18 Å². The minimum absolute atomic E-state index is 0.000692. The van der Waals surface area contributed by atoms with E-state index in [-0.39, 0.29) is 23.3 Å². The first-order valence-corrected chi connectivity index (χ1v) is 5.90. The number of nitrogens with two attached hydrogens (primary N) is 1. The summed E-state index contributed by atoms with van der Waals surface area (Å²) in [4.78, 5) is 19.6. The van der Waals surface area contributed by atoms with Crippen molar-refractivity contribution >= 4 is 11.7 Å². The number of carbonyl (C=O) groups excluding carboxylic acids is 1. The van der Waals surface area contributed by atoms with Gasteiger partial charge in [0.25, 0.3) is 5.91 Å². The number of aromatic nitrogens is 1. The number of pyridine rings is 1. The Morgan fingerprint density at radius 2 is 2.28 bits per heavy atom. The maximum Gasteiger partial charge on any atom is 0.257 e. The van der Waals surface area contributed by atoms with Gasteiger partial charge in [-0.2, -0.15) is 0 Å². The van der Waals surface area contributed by atoms with Gasteiger partial charge in [-0.1, -0.05) is 0 Å². The molecule has 6 heteroatoms. The van der Waals surface area contributed by atoms with Crippen molar-refractivity contribution in [3.05, 3.63) is 23.6 Å². The Balaban J connectivity index is 2.19. The summed E-state index contributed by atoms with van der Waals surface area (Å²) < 4.78 is 13.7. The van der Waals surface area contributed by atoms with Crippen molar-refractivity contribution < 1.29 is 9.18 Å². The summed E-state index contributed by atoms with van der Waals surface area (Å²) in [5.74, 6) is -1.28. The van der Waals surface area contributed by atoms with E-state index in [1.165, 1.54) is 12.3 Å². The monoisotopic (exact) mass is 252 g/mol. The summed E-state index contributed by atoms with van der Waals surface area (Å²) in [6.45, 7) is 4.02. The molecule has 2 heterocycles. The van der Waals surface area contributed by atoms with Crippen LogP contribution in [0.2, 0.25) is 0 Å². The second-order valence-corrected chi connectivity index (χ2v) is 4.64. The highest BCUT2D eigenvalue weighted by Gasteiger charge is 2.27. The Morgan fingerprint density at radius 3 is 2.94 bits per heavy atom. The molecule has 0 radical (unpaired) electrons. The van der Waals surface area contributed by atoms with Crippen LogP contribution in [0, 0.1) is 5.82 Å². The van der Waals surface area contributed by atoms with Crippen molar-refractivity contribution in [3.63, 3.8) is 0 Å². The molecule has 0 bridgehead atoms. The number of nitrogens with zero attached hydrogens (tertiary/aromatic N) is 3. The van der Waals surface area contributed by atoms with Gasteiger partial charge in [0, 0.05) is 31.9 Å². The summed E-state index contributed by atoms with van der Waals surface area (Å²) in [5, 5.41) is 0. The second kappa shape index (κ2) is 4.89. The zero-order chi connectivity index (χ0) is 13.3. The van der Waals surface area contributed by atoms with Crippen LogP contribution in [0.1, 0.15) is 17.3 Å². The second-order valence-electron chi connectivity index (χ2n) is 4.64. The third-order valence-electron chi connectivity index (χ3n) is 3.39. The number of carbonyl (C=O) groups is 1. The lowest BCUT2D eigenvalue weighted by molar-refractivity contribution is 0.0568. The SMILES string of the molecule is CC1CN(C(=O)c2ccnc(N)c2F)CCN1C. The number of hydrogen-bond acceptors (Lipinski definition) is 4. The van der Waals surface area contributed by atoms with Crippen molar-refractivity contribution in [1.29, 1.82) is 0 Å². The number of likely N-dealkylation sites (N-methyl/N-ethyl adjacent to an activating group) is 1. The van der Waals surface area contributed by atoms with E-state index in [0.29, 0.717) is 13.1 Å². The lowest BCUT2D eigenvalue weighted by Gasteiger charge is -2.37. The highest BCUT2D eigenvalue weighted by Crippen LogP contribution is 2.16. The lowest BCUT2D eigenvalue weighted by atomic mass is 10.1. The van der Waals surface area contributed by atoms with Crippen LogP contribution in [0.25, 0.3) is 0 Å². The molecule has 98 valence electrons. The highest BCUT2D eigenvalue weighted by atomic mass is 19.1. The zero-order valence-corrected chi connectivity index (χ0v) is 10.6. The molecule has 0 aromatic carbocycles. The van der Waals surface area contributed by atoms with E-state index in [1.807, 2.05) is 14.0 Å². The standard InChI is InChI=1S/C12H17FN4O/c1-8-7-17(6-5-16(8)2)12(18)9-3-4-15-11(14)10(9)13/h3-4,8H,5-7H2,1-2H3,(H2,14,15). The summed E-state index contributed by atoms with van der Waals surface area (Å²) in [7, 11) is 2.01. The number of rotatable bonds is 1. The Bertz CT molecular complexity index is 465. The molecule has 1 aromatic rings. The third kappa shape index (κ3) is 2.28. The molecule has 2 N–H and O–H groups in total. The van der Waals surface area contributed by atoms with Gasteiger partial charge >= 0.3 is 0 Å². The number of amides is 1. The van der Waals surface area contributed by atoms with Crippen LogP contribution in [-0.4, -0.2) is 53.4 Å². The highest BCUT2D eigenvalue weighted by molar-refractivity contribution is 5.95. The summed E-state index contributed by atoms with van der Waals surface area (Å²) >= 11 is 0. The first-order valence-electron chi connectivity index (χ1n) is 5.90. The van der Waals surface area contributed by atoms with Gasteiger partial charge in [-0.25, -0.2) is 9.37 Å². The molecule has 5 nitrogen and oxygen atoms in total. The van der Waals surface area contributed by atoms with E-state index in [0.717, 1.165) is 6.54 Å². The molecule has 0 saturated carbocycles. The topological polar surface area (TPSA) is 62.5 Å². The molecule has 0 aliphatic carbocycles. The van der Waals surface area contributed by atoms with E-state index < -0.39 is 5.82 Å². The van der Waals surface area contributed by atoms with Crippen molar-refractivity contribution in [2.45, 2.75) is 13.0 Å². The fourth-order valence-corrected chi connectivity index (χ4v) is 2.03. The largest absolute Gasteiger partial charge is 0.381 e.